The van der Waals surface area contributed by atoms with E-state index in [9.17, 15) is 13.5 Å². The van der Waals surface area contributed by atoms with Crippen LogP contribution in [-0.4, -0.2) is 42.0 Å². The van der Waals surface area contributed by atoms with Gasteiger partial charge in [-0.05, 0) is 24.5 Å². The molecule has 1 saturated heterocycles. The molecular formula is C13H18N2O3S2. The number of hydrogen-bond acceptors (Lipinski definition) is 4. The Balaban J connectivity index is 2.24. The highest BCUT2D eigenvalue weighted by molar-refractivity contribution is 7.89. The van der Waals surface area contributed by atoms with Gasteiger partial charge in [-0.1, -0.05) is 31.3 Å². The number of benzene rings is 1. The summed E-state index contributed by atoms with van der Waals surface area (Å²) in [5, 5.41) is 9.68. The summed E-state index contributed by atoms with van der Waals surface area (Å²) in [5.74, 6) is -0.0607. The largest absolute Gasteiger partial charge is 0.393 e. The number of hydrogen-bond donors (Lipinski definition) is 2. The third-order valence-electron chi connectivity index (χ3n) is 3.60. The Hall–Kier alpha value is -1.02. The minimum atomic E-state index is -3.52. The van der Waals surface area contributed by atoms with Gasteiger partial charge in [0.1, 0.15) is 4.99 Å². The Morgan fingerprint density at radius 3 is 2.50 bits per heavy atom. The van der Waals surface area contributed by atoms with Crippen LogP contribution in [0.4, 0.5) is 0 Å². The molecule has 1 aliphatic heterocycles. The van der Waals surface area contributed by atoms with Gasteiger partial charge in [-0.3, -0.25) is 0 Å². The van der Waals surface area contributed by atoms with Gasteiger partial charge in [0.15, 0.2) is 0 Å². The predicted molar refractivity (Wildman–Crippen MR) is 80.9 cm³/mol. The highest BCUT2D eigenvalue weighted by Crippen LogP contribution is 2.24. The van der Waals surface area contributed by atoms with Crippen LogP contribution in [0.15, 0.2) is 29.2 Å². The SMILES string of the molecule is CC1CN(S(=O)(=O)c2ccc(C(N)=S)cc2)CCC1O. The number of aliphatic hydroxyl groups is 1. The molecule has 1 fully saturated rings. The van der Waals surface area contributed by atoms with Crippen molar-refractivity contribution in [2.75, 3.05) is 13.1 Å². The van der Waals surface area contributed by atoms with Crippen LogP contribution in [0, 0.1) is 5.92 Å². The van der Waals surface area contributed by atoms with E-state index in [1.807, 2.05) is 6.92 Å². The number of nitrogens with two attached hydrogens (primary N) is 1. The summed E-state index contributed by atoms with van der Waals surface area (Å²) >= 11 is 4.84. The quantitative estimate of drug-likeness (QED) is 0.803. The molecule has 5 nitrogen and oxygen atoms in total. The molecule has 0 bridgehead atoms. The molecule has 20 heavy (non-hydrogen) atoms. The van der Waals surface area contributed by atoms with Crippen molar-refractivity contribution in [3.63, 3.8) is 0 Å². The van der Waals surface area contributed by atoms with Crippen LogP contribution in [0.1, 0.15) is 18.9 Å². The van der Waals surface area contributed by atoms with Gasteiger partial charge in [-0.25, -0.2) is 8.42 Å². The summed E-state index contributed by atoms with van der Waals surface area (Å²) < 4.78 is 26.4. The monoisotopic (exact) mass is 314 g/mol. The van der Waals surface area contributed by atoms with E-state index in [1.54, 1.807) is 12.1 Å². The van der Waals surface area contributed by atoms with Gasteiger partial charge in [0, 0.05) is 18.7 Å². The van der Waals surface area contributed by atoms with Crippen molar-refractivity contribution >= 4 is 27.2 Å². The second-order valence-corrected chi connectivity index (χ2v) is 7.46. The molecule has 2 atom stereocenters. The van der Waals surface area contributed by atoms with E-state index >= 15 is 0 Å². The lowest BCUT2D eigenvalue weighted by Crippen LogP contribution is -2.44. The molecule has 0 aliphatic carbocycles. The maximum atomic E-state index is 12.5. The second-order valence-electron chi connectivity index (χ2n) is 5.08. The average molecular weight is 314 g/mol. The van der Waals surface area contributed by atoms with Gasteiger partial charge < -0.3 is 10.8 Å². The number of rotatable bonds is 3. The van der Waals surface area contributed by atoms with Gasteiger partial charge in [0.05, 0.1) is 11.0 Å². The fourth-order valence-electron chi connectivity index (χ4n) is 2.25. The maximum Gasteiger partial charge on any atom is 0.243 e. The van der Waals surface area contributed by atoms with E-state index in [1.165, 1.54) is 16.4 Å². The van der Waals surface area contributed by atoms with Gasteiger partial charge >= 0.3 is 0 Å². The number of thiocarbonyl (C=S) groups is 1. The lowest BCUT2D eigenvalue weighted by molar-refractivity contribution is 0.0628. The zero-order valence-electron chi connectivity index (χ0n) is 11.2. The lowest BCUT2D eigenvalue weighted by atomic mass is 9.99. The molecular weight excluding hydrogens is 296 g/mol. The smallest absolute Gasteiger partial charge is 0.243 e. The number of aliphatic hydroxyl groups excluding tert-OH is 1. The first-order valence-electron chi connectivity index (χ1n) is 6.40. The molecule has 0 radical (unpaired) electrons. The van der Waals surface area contributed by atoms with Crippen LogP contribution in [0.25, 0.3) is 0 Å². The predicted octanol–water partition coefficient (Wildman–Crippen LogP) is 0.712. The van der Waals surface area contributed by atoms with Crippen molar-refractivity contribution in [1.29, 1.82) is 0 Å². The molecule has 0 aromatic heterocycles. The van der Waals surface area contributed by atoms with Crippen molar-refractivity contribution in [1.82, 2.24) is 4.31 Å². The van der Waals surface area contributed by atoms with Crippen LogP contribution in [-0.2, 0) is 10.0 Å². The Kier molecular flexibility index (Phi) is 4.43. The Morgan fingerprint density at radius 1 is 1.40 bits per heavy atom. The fraction of sp³-hybridized carbons (Fsp3) is 0.462. The van der Waals surface area contributed by atoms with Crippen LogP contribution >= 0.6 is 12.2 Å². The third kappa shape index (κ3) is 3.01. The van der Waals surface area contributed by atoms with Crippen LogP contribution in [0.2, 0.25) is 0 Å². The standard InChI is InChI=1S/C13H18N2O3S2/c1-9-8-15(7-6-12(9)16)20(17,18)11-4-2-10(3-5-11)13(14)19/h2-5,9,12,16H,6-8H2,1H3,(H2,14,19). The molecule has 0 saturated carbocycles. The van der Waals surface area contributed by atoms with Crippen molar-refractivity contribution in [2.45, 2.75) is 24.3 Å². The molecule has 110 valence electrons. The third-order valence-corrected chi connectivity index (χ3v) is 5.71. The molecule has 7 heteroatoms. The minimum Gasteiger partial charge on any atom is -0.393 e. The van der Waals surface area contributed by atoms with Crippen LogP contribution < -0.4 is 5.73 Å². The van der Waals surface area contributed by atoms with Crippen molar-refractivity contribution in [3.05, 3.63) is 29.8 Å². The number of nitrogens with zero attached hydrogens (tertiary/aromatic N) is 1. The molecule has 1 aromatic rings. The number of sulfonamides is 1. The second kappa shape index (κ2) is 5.77. The van der Waals surface area contributed by atoms with Crippen molar-refractivity contribution in [2.24, 2.45) is 11.7 Å². The Morgan fingerprint density at radius 2 is 2.00 bits per heavy atom. The minimum absolute atomic E-state index is 0.0607. The van der Waals surface area contributed by atoms with E-state index in [0.29, 0.717) is 25.1 Å². The summed E-state index contributed by atoms with van der Waals surface area (Å²) in [5.41, 5.74) is 6.13. The van der Waals surface area contributed by atoms with Crippen LogP contribution in [0.5, 0.6) is 0 Å². The zero-order valence-corrected chi connectivity index (χ0v) is 12.8. The van der Waals surface area contributed by atoms with E-state index < -0.39 is 16.1 Å². The molecule has 2 unspecified atom stereocenters. The highest BCUT2D eigenvalue weighted by atomic mass is 32.2. The topological polar surface area (TPSA) is 83.6 Å². The average Bonchev–Trinajstić information content (AvgIpc) is 2.41. The molecule has 0 spiro atoms. The van der Waals surface area contributed by atoms with Crippen molar-refractivity contribution < 1.29 is 13.5 Å². The molecule has 2 rings (SSSR count). The fourth-order valence-corrected chi connectivity index (χ4v) is 3.94. The van der Waals surface area contributed by atoms with Gasteiger partial charge in [-0.2, -0.15) is 4.31 Å². The van der Waals surface area contributed by atoms with Crippen LogP contribution in [0.3, 0.4) is 0 Å². The molecule has 0 amide bonds. The zero-order chi connectivity index (χ0) is 14.9. The maximum absolute atomic E-state index is 12.5. The van der Waals surface area contributed by atoms with E-state index in [-0.39, 0.29) is 15.8 Å². The molecule has 1 aromatic carbocycles. The molecule has 1 heterocycles. The van der Waals surface area contributed by atoms with E-state index in [2.05, 4.69) is 0 Å². The molecule has 3 N–H and O–H groups in total. The Bertz CT molecular complexity index is 599. The summed E-state index contributed by atoms with van der Waals surface area (Å²) in [4.78, 5) is 0.463. The molecule has 1 aliphatic rings. The number of piperidine rings is 1. The first-order valence-corrected chi connectivity index (χ1v) is 8.25. The summed E-state index contributed by atoms with van der Waals surface area (Å²) in [6.45, 7) is 2.52. The first-order chi connectivity index (χ1) is 9.32. The highest BCUT2D eigenvalue weighted by Gasteiger charge is 2.32. The van der Waals surface area contributed by atoms with Gasteiger partial charge in [0.2, 0.25) is 10.0 Å². The normalized spacial score (nSPS) is 24.5. The van der Waals surface area contributed by atoms with E-state index in [0.717, 1.165) is 0 Å². The summed E-state index contributed by atoms with van der Waals surface area (Å²) in [6.07, 6.45) is 0.0317. The van der Waals surface area contributed by atoms with Crippen molar-refractivity contribution in [3.8, 4) is 0 Å². The van der Waals surface area contributed by atoms with Gasteiger partial charge in [-0.15, -0.1) is 0 Å². The summed E-state index contributed by atoms with van der Waals surface area (Å²) in [7, 11) is -3.52. The Labute approximate surface area is 124 Å². The first kappa shape index (κ1) is 15.4. The lowest BCUT2D eigenvalue weighted by Gasteiger charge is -2.33. The van der Waals surface area contributed by atoms with Gasteiger partial charge in [0.25, 0.3) is 0 Å². The van der Waals surface area contributed by atoms with E-state index in [4.69, 9.17) is 18.0 Å². The summed E-state index contributed by atoms with van der Waals surface area (Å²) in [6, 6.07) is 6.24.